The summed E-state index contributed by atoms with van der Waals surface area (Å²) >= 11 is 0. The maximum Gasteiger partial charge on any atom is 0.418 e. The van der Waals surface area contributed by atoms with E-state index in [0.29, 0.717) is 42.5 Å². The van der Waals surface area contributed by atoms with Crippen LogP contribution < -0.4 is 5.32 Å². The van der Waals surface area contributed by atoms with Crippen LogP contribution in [0.1, 0.15) is 88.6 Å². The first kappa shape index (κ1) is 41.4. The van der Waals surface area contributed by atoms with E-state index in [0.717, 1.165) is 6.07 Å². The third-order valence-electron chi connectivity index (χ3n) is 11.4. The number of nitrogens with one attached hydrogen (secondary N) is 2. The van der Waals surface area contributed by atoms with Crippen LogP contribution in [0.25, 0.3) is 10.9 Å². The normalized spacial score (nSPS) is 17.9. The minimum absolute atomic E-state index is 0.0579. The van der Waals surface area contributed by atoms with Gasteiger partial charge in [0.2, 0.25) is 5.91 Å². The Labute approximate surface area is 318 Å². The molecular formula is C42H50F4N4O5. The van der Waals surface area contributed by atoms with Crippen molar-refractivity contribution in [2.24, 2.45) is 23.7 Å². The number of fused-ring (bicyclic) bond motifs is 3. The number of H-pyrrole nitrogens is 1. The lowest BCUT2D eigenvalue weighted by Gasteiger charge is -2.39. The molecule has 2 N–H and O–H groups in total. The van der Waals surface area contributed by atoms with Gasteiger partial charge in [-0.05, 0) is 54.4 Å². The van der Waals surface area contributed by atoms with E-state index in [1.165, 1.54) is 24.3 Å². The molecule has 0 saturated heterocycles. The molecule has 55 heavy (non-hydrogen) atoms. The third-order valence-corrected chi connectivity index (χ3v) is 11.4. The molecule has 5 atom stereocenters. The fraction of sp³-hybridized carbons (Fsp3) is 0.500. The maximum absolute atomic E-state index is 14.8. The first-order chi connectivity index (χ1) is 26.2. The molecule has 0 radical (unpaired) electrons. The number of aromatic nitrogens is 3. The van der Waals surface area contributed by atoms with Gasteiger partial charge in [-0.1, -0.05) is 70.9 Å². The van der Waals surface area contributed by atoms with E-state index < -0.39 is 52.6 Å². The minimum atomic E-state index is -4.63. The van der Waals surface area contributed by atoms with Crippen LogP contribution in [0.3, 0.4) is 0 Å². The molecule has 1 aliphatic rings. The molecule has 4 aromatic rings. The lowest BCUT2D eigenvalue weighted by molar-refractivity contribution is -0.153. The number of esters is 1. The highest BCUT2D eigenvalue weighted by atomic mass is 19.4. The number of carbonyl (C=O) groups excluding carboxylic acids is 4. The highest BCUT2D eigenvalue weighted by Crippen LogP contribution is 2.41. The number of hydrogen-bond acceptors (Lipinski definition) is 6. The number of alkyl halides is 3. The molecular weight excluding hydrogens is 716 g/mol. The number of Topliss-reactive ketones (excluding diaryl/α,β-unsaturated/α-hetero) is 2. The average Bonchev–Trinajstić information content (AvgIpc) is 3.82. The van der Waals surface area contributed by atoms with Gasteiger partial charge >= 0.3 is 12.1 Å². The molecule has 1 aliphatic carbocycles. The number of rotatable bonds is 18. The Bertz CT molecular complexity index is 1970. The number of hydrogen-bond donors (Lipinski definition) is 2. The average molecular weight is 767 g/mol. The fourth-order valence-electron chi connectivity index (χ4n) is 7.60. The van der Waals surface area contributed by atoms with Crippen molar-refractivity contribution in [3.05, 3.63) is 89.4 Å². The van der Waals surface area contributed by atoms with Crippen molar-refractivity contribution in [2.45, 2.75) is 104 Å². The van der Waals surface area contributed by atoms with Gasteiger partial charge in [0, 0.05) is 61.6 Å². The Morgan fingerprint density at radius 3 is 2.40 bits per heavy atom. The smallest absolute Gasteiger partial charge is 0.418 e. The number of halogens is 4. The number of ether oxygens (including phenoxy) is 1. The number of imidazole rings is 1. The van der Waals surface area contributed by atoms with Crippen molar-refractivity contribution in [1.29, 1.82) is 0 Å². The molecule has 2 heterocycles. The highest BCUT2D eigenvalue weighted by molar-refractivity contribution is 5.98. The van der Waals surface area contributed by atoms with Crippen LogP contribution in [0, 0.1) is 29.5 Å². The molecule has 0 spiro atoms. The summed E-state index contributed by atoms with van der Waals surface area (Å²) in [6.45, 7) is 8.16. The number of aromatic amines is 1. The molecule has 9 nitrogen and oxygen atoms in total. The zero-order valence-corrected chi connectivity index (χ0v) is 31.8. The summed E-state index contributed by atoms with van der Waals surface area (Å²) in [5, 5.41) is 3.32. The van der Waals surface area contributed by atoms with Gasteiger partial charge in [-0.15, -0.1) is 0 Å². The van der Waals surface area contributed by atoms with Gasteiger partial charge < -0.3 is 19.6 Å². The number of nitrogens with zero attached hydrogens (tertiary/aromatic N) is 2. The number of ketones is 2. The van der Waals surface area contributed by atoms with E-state index in [1.807, 2.05) is 32.3 Å². The number of aryl methyl sites for hydroxylation is 2. The molecule has 2 aromatic carbocycles. The summed E-state index contributed by atoms with van der Waals surface area (Å²) in [4.78, 5) is 63.1. The van der Waals surface area contributed by atoms with Crippen molar-refractivity contribution in [1.82, 2.24) is 19.9 Å². The van der Waals surface area contributed by atoms with Gasteiger partial charge in [0.15, 0.2) is 5.78 Å². The lowest BCUT2D eigenvalue weighted by atomic mass is 9.72. The summed E-state index contributed by atoms with van der Waals surface area (Å²) in [5.74, 6) is -4.67. The highest BCUT2D eigenvalue weighted by Gasteiger charge is 2.47. The van der Waals surface area contributed by atoms with Crippen LogP contribution >= 0.6 is 0 Å². The first-order valence-electron chi connectivity index (χ1n) is 19.1. The van der Waals surface area contributed by atoms with Gasteiger partial charge in [-0.2, -0.15) is 13.2 Å². The van der Waals surface area contributed by atoms with Crippen molar-refractivity contribution in [2.75, 3.05) is 6.61 Å². The summed E-state index contributed by atoms with van der Waals surface area (Å²) in [6, 6.07) is 9.81. The van der Waals surface area contributed by atoms with Crippen LogP contribution in [0.15, 0.2) is 61.2 Å². The lowest BCUT2D eigenvalue weighted by Crippen LogP contribution is -2.60. The summed E-state index contributed by atoms with van der Waals surface area (Å²) in [6.07, 6.45) is 1.53. The second-order valence-corrected chi connectivity index (χ2v) is 15.0. The summed E-state index contributed by atoms with van der Waals surface area (Å²) < 4.78 is 64.2. The van der Waals surface area contributed by atoms with Crippen molar-refractivity contribution in [3.8, 4) is 0 Å². The van der Waals surface area contributed by atoms with Crippen LogP contribution in [-0.4, -0.2) is 50.1 Å². The Morgan fingerprint density at radius 1 is 1.00 bits per heavy atom. The maximum atomic E-state index is 14.8. The van der Waals surface area contributed by atoms with Crippen molar-refractivity contribution >= 4 is 34.3 Å². The first-order valence-corrected chi connectivity index (χ1v) is 19.1. The van der Waals surface area contributed by atoms with E-state index in [1.54, 1.807) is 30.9 Å². The monoisotopic (exact) mass is 766 g/mol. The van der Waals surface area contributed by atoms with Crippen LogP contribution in [0.4, 0.5) is 17.6 Å². The number of carbonyl (C=O) groups is 4. The van der Waals surface area contributed by atoms with E-state index in [2.05, 4.69) is 15.3 Å². The molecule has 0 bridgehead atoms. The zero-order valence-electron chi connectivity index (χ0n) is 31.8. The van der Waals surface area contributed by atoms with Gasteiger partial charge in [-0.3, -0.25) is 19.2 Å². The summed E-state index contributed by atoms with van der Waals surface area (Å²) in [7, 11) is 0. The van der Waals surface area contributed by atoms with E-state index in [4.69, 9.17) is 4.74 Å². The molecule has 0 aliphatic heterocycles. The topological polar surface area (TPSA) is 123 Å². The van der Waals surface area contributed by atoms with E-state index >= 15 is 0 Å². The third kappa shape index (κ3) is 9.71. The number of para-hydroxylation sites is 1. The Balaban J connectivity index is 1.45. The largest absolute Gasteiger partial charge is 0.465 e. The molecule has 5 rings (SSSR count). The van der Waals surface area contributed by atoms with Crippen LogP contribution in [-0.2, 0) is 55.9 Å². The fourth-order valence-corrected chi connectivity index (χ4v) is 7.60. The van der Waals surface area contributed by atoms with Gasteiger partial charge in [0.25, 0.3) is 0 Å². The molecule has 2 aromatic heterocycles. The number of amides is 1. The van der Waals surface area contributed by atoms with Crippen LogP contribution in [0.2, 0.25) is 0 Å². The SMILES string of the molecule is CCC(C)[C@H](CC(=O)Cc1ccccc1F)C(=O)N[C@]1(C(=O)C[C@H](C(=O)OCCCn2ccnc2)C(C)CC)CCc2[nH]c3c(C(F)(F)F)cccc3c2C1. The predicted octanol–water partition coefficient (Wildman–Crippen LogP) is 7.99. The van der Waals surface area contributed by atoms with Crippen molar-refractivity contribution < 1.29 is 41.5 Å². The predicted molar refractivity (Wildman–Crippen MR) is 199 cm³/mol. The second-order valence-electron chi connectivity index (χ2n) is 15.0. The minimum Gasteiger partial charge on any atom is -0.465 e. The number of benzene rings is 2. The van der Waals surface area contributed by atoms with E-state index in [9.17, 15) is 36.7 Å². The van der Waals surface area contributed by atoms with Gasteiger partial charge in [-0.25, -0.2) is 9.37 Å². The molecule has 13 heteroatoms. The Kier molecular flexibility index (Phi) is 13.4. The molecule has 1 amide bonds. The van der Waals surface area contributed by atoms with Gasteiger partial charge in [0.05, 0.1) is 29.9 Å². The standard InChI is InChI=1S/C42H50F4N4O5/c1-5-26(3)31(22-29(51)21-28-11-7-8-14-35(28)43)39(53)49-41(16-15-36-33(24-41)30-12-9-13-34(38(30)48-36)42(44,45)46)37(52)23-32(27(4)6-2)40(54)55-20-10-18-50-19-17-47-25-50/h7-9,11-14,17,19,25-27,31-32,48H,5-6,10,15-16,18,20-24H2,1-4H3,(H,49,53)/t26?,27?,31-,32-,41+/m0/s1. The second kappa shape index (κ2) is 17.8. The molecule has 0 saturated carbocycles. The van der Waals surface area contributed by atoms with Crippen LogP contribution in [0.5, 0.6) is 0 Å². The Hall–Kier alpha value is -4.81. The van der Waals surface area contributed by atoms with Gasteiger partial charge in [0.1, 0.15) is 17.1 Å². The Morgan fingerprint density at radius 2 is 1.73 bits per heavy atom. The quantitative estimate of drug-likeness (QED) is 0.0602. The molecule has 296 valence electrons. The molecule has 0 fully saturated rings. The molecule has 2 unspecified atom stereocenters. The summed E-state index contributed by atoms with van der Waals surface area (Å²) in [5.41, 5.74) is -1.29. The van der Waals surface area contributed by atoms with Crippen molar-refractivity contribution in [3.63, 3.8) is 0 Å². The van der Waals surface area contributed by atoms with E-state index in [-0.39, 0.29) is 73.8 Å². The zero-order chi connectivity index (χ0) is 39.9.